The molecule has 24 heavy (non-hydrogen) atoms. The highest BCUT2D eigenvalue weighted by molar-refractivity contribution is 5.34. The van der Waals surface area contributed by atoms with Crippen LogP contribution in [0.4, 0.5) is 5.95 Å². The first-order chi connectivity index (χ1) is 11.8. The summed E-state index contributed by atoms with van der Waals surface area (Å²) in [5, 5.41) is 8.94. The number of methoxy groups -OCH3 is 1. The normalized spacial score (nSPS) is 21.6. The van der Waals surface area contributed by atoms with Crippen LogP contribution in [-0.2, 0) is 11.3 Å². The van der Waals surface area contributed by atoms with Crippen molar-refractivity contribution in [3.8, 4) is 5.88 Å². The van der Waals surface area contributed by atoms with Gasteiger partial charge in [-0.1, -0.05) is 0 Å². The minimum Gasteiger partial charge on any atom is -0.481 e. The Labute approximate surface area is 140 Å². The molecule has 2 aliphatic heterocycles. The van der Waals surface area contributed by atoms with Gasteiger partial charge < -0.3 is 18.9 Å². The number of rotatable bonds is 3. The molecule has 0 amide bonds. The third-order valence-corrected chi connectivity index (χ3v) is 4.75. The van der Waals surface area contributed by atoms with Crippen molar-refractivity contribution in [2.45, 2.75) is 38.3 Å². The average molecular weight is 330 g/mol. The first-order valence-corrected chi connectivity index (χ1v) is 8.39. The molecule has 0 unspecified atom stereocenters. The maximum atomic E-state index is 5.47. The van der Waals surface area contributed by atoms with Crippen molar-refractivity contribution >= 4 is 5.95 Å². The van der Waals surface area contributed by atoms with Crippen molar-refractivity contribution in [1.29, 1.82) is 0 Å². The largest absolute Gasteiger partial charge is 0.481 e. The van der Waals surface area contributed by atoms with Gasteiger partial charge in [0.2, 0.25) is 11.8 Å². The lowest BCUT2D eigenvalue weighted by Gasteiger charge is -2.34. The van der Waals surface area contributed by atoms with Crippen LogP contribution in [0.15, 0.2) is 12.3 Å². The summed E-state index contributed by atoms with van der Waals surface area (Å²) in [4.78, 5) is 10.9. The molecule has 4 rings (SSSR count). The van der Waals surface area contributed by atoms with Gasteiger partial charge in [0.15, 0.2) is 5.82 Å². The Morgan fingerprint density at radius 2 is 2.08 bits per heavy atom. The predicted molar refractivity (Wildman–Crippen MR) is 87.2 cm³/mol. The minimum absolute atomic E-state index is 0.274. The highest BCUT2D eigenvalue weighted by atomic mass is 16.5. The second kappa shape index (κ2) is 6.35. The van der Waals surface area contributed by atoms with Gasteiger partial charge in [0.25, 0.3) is 0 Å². The second-order valence-corrected chi connectivity index (χ2v) is 6.36. The molecule has 0 aromatic carbocycles. The van der Waals surface area contributed by atoms with Gasteiger partial charge in [-0.15, -0.1) is 10.2 Å². The Morgan fingerprint density at radius 1 is 1.25 bits per heavy atom. The first-order valence-electron chi connectivity index (χ1n) is 8.39. The molecule has 4 heterocycles. The SMILES string of the molecule is COc1ccnc(N2Cc3nnc(C4CCOCC4)n3[C@@H](C)C2)n1. The number of anilines is 1. The highest BCUT2D eigenvalue weighted by Crippen LogP contribution is 2.31. The van der Waals surface area contributed by atoms with Gasteiger partial charge in [-0.05, 0) is 19.8 Å². The summed E-state index contributed by atoms with van der Waals surface area (Å²) in [6, 6.07) is 2.03. The summed E-state index contributed by atoms with van der Waals surface area (Å²) in [5.74, 6) is 3.77. The van der Waals surface area contributed by atoms with E-state index in [-0.39, 0.29) is 6.04 Å². The van der Waals surface area contributed by atoms with Crippen molar-refractivity contribution < 1.29 is 9.47 Å². The van der Waals surface area contributed by atoms with Gasteiger partial charge in [-0.25, -0.2) is 4.98 Å². The molecule has 0 bridgehead atoms. The van der Waals surface area contributed by atoms with Gasteiger partial charge >= 0.3 is 0 Å². The number of hydrogen-bond donors (Lipinski definition) is 0. The molecular formula is C16H22N6O2. The average Bonchev–Trinajstić information content (AvgIpc) is 3.07. The van der Waals surface area contributed by atoms with Crippen LogP contribution in [0.3, 0.4) is 0 Å². The third kappa shape index (κ3) is 2.71. The Bertz CT molecular complexity index is 712. The molecule has 0 saturated carbocycles. The van der Waals surface area contributed by atoms with E-state index in [4.69, 9.17) is 9.47 Å². The molecule has 1 atom stereocenters. The van der Waals surface area contributed by atoms with E-state index in [9.17, 15) is 0 Å². The van der Waals surface area contributed by atoms with Crippen LogP contribution < -0.4 is 9.64 Å². The predicted octanol–water partition coefficient (Wildman–Crippen LogP) is 1.55. The topological polar surface area (TPSA) is 78.2 Å². The zero-order valence-electron chi connectivity index (χ0n) is 14.1. The van der Waals surface area contributed by atoms with Gasteiger partial charge in [-0.2, -0.15) is 4.98 Å². The van der Waals surface area contributed by atoms with Crippen LogP contribution in [0.25, 0.3) is 0 Å². The quantitative estimate of drug-likeness (QED) is 0.845. The molecule has 1 fully saturated rings. The second-order valence-electron chi connectivity index (χ2n) is 6.36. The van der Waals surface area contributed by atoms with Gasteiger partial charge in [0.05, 0.1) is 19.7 Å². The monoisotopic (exact) mass is 330 g/mol. The van der Waals surface area contributed by atoms with E-state index in [0.29, 0.717) is 24.3 Å². The zero-order chi connectivity index (χ0) is 16.5. The smallest absolute Gasteiger partial charge is 0.229 e. The van der Waals surface area contributed by atoms with Crippen molar-refractivity contribution in [3.63, 3.8) is 0 Å². The molecule has 2 aromatic heterocycles. The van der Waals surface area contributed by atoms with Crippen molar-refractivity contribution in [2.24, 2.45) is 0 Å². The van der Waals surface area contributed by atoms with E-state index in [0.717, 1.165) is 44.2 Å². The number of hydrogen-bond acceptors (Lipinski definition) is 7. The standard InChI is InChI=1S/C16H22N6O2/c1-11-9-21(16-17-6-3-14(18-16)23-2)10-13-19-20-15(22(11)13)12-4-7-24-8-5-12/h3,6,11-12H,4-5,7-10H2,1-2H3/t11-/m0/s1. The van der Waals surface area contributed by atoms with Crippen LogP contribution in [0.2, 0.25) is 0 Å². The molecular weight excluding hydrogens is 308 g/mol. The molecule has 0 radical (unpaired) electrons. The van der Waals surface area contributed by atoms with Crippen LogP contribution in [0.1, 0.15) is 43.4 Å². The van der Waals surface area contributed by atoms with Gasteiger partial charge in [0.1, 0.15) is 5.82 Å². The van der Waals surface area contributed by atoms with Crippen molar-refractivity contribution in [2.75, 3.05) is 31.8 Å². The van der Waals surface area contributed by atoms with Crippen LogP contribution in [0, 0.1) is 0 Å². The Morgan fingerprint density at radius 3 is 2.88 bits per heavy atom. The van der Waals surface area contributed by atoms with E-state index in [1.807, 2.05) is 0 Å². The lowest BCUT2D eigenvalue weighted by molar-refractivity contribution is 0.0823. The highest BCUT2D eigenvalue weighted by Gasteiger charge is 2.31. The van der Waals surface area contributed by atoms with E-state index in [2.05, 4.69) is 36.6 Å². The minimum atomic E-state index is 0.274. The number of aromatic nitrogens is 5. The van der Waals surface area contributed by atoms with E-state index >= 15 is 0 Å². The molecule has 8 nitrogen and oxygen atoms in total. The number of ether oxygens (including phenoxy) is 2. The van der Waals surface area contributed by atoms with Crippen LogP contribution in [0.5, 0.6) is 5.88 Å². The molecule has 0 aliphatic carbocycles. The first kappa shape index (κ1) is 15.3. The fraction of sp³-hybridized carbons (Fsp3) is 0.625. The number of fused-ring (bicyclic) bond motifs is 1. The molecule has 0 N–H and O–H groups in total. The van der Waals surface area contributed by atoms with Crippen molar-refractivity contribution in [1.82, 2.24) is 24.7 Å². The molecule has 8 heteroatoms. The Balaban J connectivity index is 1.60. The summed E-state index contributed by atoms with van der Waals surface area (Å²) >= 11 is 0. The van der Waals surface area contributed by atoms with Gasteiger partial charge in [-0.3, -0.25) is 0 Å². The van der Waals surface area contributed by atoms with Crippen LogP contribution >= 0.6 is 0 Å². The fourth-order valence-corrected chi connectivity index (χ4v) is 3.55. The molecule has 1 saturated heterocycles. The van der Waals surface area contributed by atoms with Crippen LogP contribution in [-0.4, -0.2) is 51.6 Å². The maximum Gasteiger partial charge on any atom is 0.229 e. The molecule has 0 spiro atoms. The third-order valence-electron chi connectivity index (χ3n) is 4.75. The zero-order valence-corrected chi connectivity index (χ0v) is 14.1. The van der Waals surface area contributed by atoms with E-state index < -0.39 is 0 Å². The van der Waals surface area contributed by atoms with Gasteiger partial charge in [0, 0.05) is 37.9 Å². The van der Waals surface area contributed by atoms with E-state index in [1.54, 1.807) is 19.4 Å². The summed E-state index contributed by atoms with van der Waals surface area (Å²) in [6.45, 7) is 5.31. The Hall–Kier alpha value is -2.22. The lowest BCUT2D eigenvalue weighted by Crippen LogP contribution is -2.38. The molecule has 128 valence electrons. The molecule has 2 aliphatic rings. The summed E-state index contributed by atoms with van der Waals surface area (Å²) in [5.41, 5.74) is 0. The van der Waals surface area contributed by atoms with E-state index in [1.165, 1.54) is 0 Å². The molecule has 2 aromatic rings. The maximum absolute atomic E-state index is 5.47. The fourth-order valence-electron chi connectivity index (χ4n) is 3.55. The summed E-state index contributed by atoms with van der Waals surface area (Å²) in [7, 11) is 1.61. The lowest BCUT2D eigenvalue weighted by atomic mass is 9.99. The Kier molecular flexibility index (Phi) is 4.05. The summed E-state index contributed by atoms with van der Waals surface area (Å²) < 4.78 is 13.0. The number of nitrogens with zero attached hydrogens (tertiary/aromatic N) is 6. The van der Waals surface area contributed by atoms with Crippen molar-refractivity contribution in [3.05, 3.63) is 23.9 Å². The summed E-state index contributed by atoms with van der Waals surface area (Å²) in [6.07, 6.45) is 3.76.